The number of benzene rings is 4. The van der Waals surface area contributed by atoms with E-state index in [1.807, 2.05) is 18.2 Å². The first kappa shape index (κ1) is 33.1. The summed E-state index contributed by atoms with van der Waals surface area (Å²) in [7, 11) is 2.83. The van der Waals surface area contributed by atoms with Crippen LogP contribution in [0.5, 0.6) is 17.2 Å². The second-order valence-electron chi connectivity index (χ2n) is 14.0. The van der Waals surface area contributed by atoms with Crippen molar-refractivity contribution in [3.05, 3.63) is 125 Å². The van der Waals surface area contributed by atoms with Crippen LogP contribution >= 0.6 is 0 Å². The average molecular weight is 697 g/mol. The fourth-order valence-electron chi connectivity index (χ4n) is 9.07. The first-order valence-electron chi connectivity index (χ1n) is 17.3. The second kappa shape index (κ2) is 12.3. The first-order chi connectivity index (χ1) is 25.1. The van der Waals surface area contributed by atoms with E-state index >= 15 is 0 Å². The predicted octanol–water partition coefficient (Wildman–Crippen LogP) is 6.08. The number of nitrogens with zero attached hydrogens (tertiary/aromatic N) is 2. The number of phenolic OH excluding ortho intramolecular Hbond substituents is 1. The van der Waals surface area contributed by atoms with Gasteiger partial charge in [-0.05, 0) is 79.8 Å². The van der Waals surface area contributed by atoms with Gasteiger partial charge in [-0.3, -0.25) is 28.9 Å². The molecule has 3 fully saturated rings. The van der Waals surface area contributed by atoms with Crippen LogP contribution in [-0.4, -0.2) is 48.7 Å². The normalized spacial score (nSPS) is 26.4. The Labute approximate surface area is 300 Å². The Morgan fingerprint density at radius 2 is 1.31 bits per heavy atom. The largest absolute Gasteiger partial charge is 0.502 e. The van der Waals surface area contributed by atoms with E-state index in [0.717, 1.165) is 5.57 Å². The Balaban J connectivity index is 1.21. The van der Waals surface area contributed by atoms with E-state index in [1.54, 1.807) is 91.9 Å². The number of ketones is 1. The Hall–Kier alpha value is -6.03. The van der Waals surface area contributed by atoms with E-state index < -0.39 is 35.0 Å². The highest BCUT2D eigenvalue weighted by Gasteiger charge is 2.67. The second-order valence-corrected chi connectivity index (χ2v) is 14.0. The van der Waals surface area contributed by atoms with Crippen LogP contribution in [0.15, 0.2) is 109 Å². The third kappa shape index (κ3) is 4.73. The quantitative estimate of drug-likeness (QED) is 0.140. The number of para-hydroxylation sites is 1. The molecule has 2 saturated heterocycles. The number of amides is 4. The number of anilines is 2. The molecule has 0 radical (unpaired) electrons. The van der Waals surface area contributed by atoms with Gasteiger partial charge in [-0.1, -0.05) is 60.2 Å². The van der Waals surface area contributed by atoms with Crippen LogP contribution in [0.25, 0.3) is 0 Å². The van der Waals surface area contributed by atoms with E-state index in [2.05, 4.69) is 0 Å². The standard InChI is InChI=1S/C42H36N2O8/c1-42-31(39(48)44(41(42)50)26-12-8-5-9-13-26)22-30-28(35(42)25-20-32(51-2)37(46)33(21-25)52-3)18-19-29-34(30)40(49)43(38(29)47)27-16-14-24(15-17-27)36(45)23-10-6-4-7-11-23/h4-18,20-21,29-31,34-35,46H,19,22H2,1-3H3. The van der Waals surface area contributed by atoms with Crippen molar-refractivity contribution in [1.29, 1.82) is 0 Å². The van der Waals surface area contributed by atoms with Gasteiger partial charge in [0, 0.05) is 17.0 Å². The maximum Gasteiger partial charge on any atom is 0.241 e. The predicted molar refractivity (Wildman–Crippen MR) is 191 cm³/mol. The number of hydrogen-bond donors (Lipinski definition) is 1. The summed E-state index contributed by atoms with van der Waals surface area (Å²) < 4.78 is 11.0. The van der Waals surface area contributed by atoms with Crippen molar-refractivity contribution in [2.24, 2.45) is 29.1 Å². The highest BCUT2D eigenvalue weighted by atomic mass is 16.5. The Morgan fingerprint density at radius 3 is 1.92 bits per heavy atom. The summed E-state index contributed by atoms with van der Waals surface area (Å²) >= 11 is 0. The van der Waals surface area contributed by atoms with Crippen LogP contribution in [-0.2, 0) is 19.2 Å². The van der Waals surface area contributed by atoms with Gasteiger partial charge in [0.1, 0.15) is 0 Å². The van der Waals surface area contributed by atoms with Crippen molar-refractivity contribution in [1.82, 2.24) is 0 Å². The lowest BCUT2D eigenvalue weighted by Crippen LogP contribution is -2.48. The van der Waals surface area contributed by atoms with Crippen LogP contribution in [0.3, 0.4) is 0 Å². The minimum absolute atomic E-state index is 0.134. The van der Waals surface area contributed by atoms with Crippen molar-refractivity contribution < 1.29 is 38.6 Å². The smallest absolute Gasteiger partial charge is 0.241 e. The summed E-state index contributed by atoms with van der Waals surface area (Å²) in [6.45, 7) is 1.80. The van der Waals surface area contributed by atoms with Gasteiger partial charge in [-0.25, -0.2) is 4.90 Å². The molecular weight excluding hydrogens is 660 g/mol. The number of aromatic hydroxyl groups is 1. The molecule has 4 aromatic rings. The van der Waals surface area contributed by atoms with Gasteiger partial charge in [-0.15, -0.1) is 0 Å². The SMILES string of the molecule is COc1cc(C2C3=CCC4C(=O)N(c5ccc(C(=O)c6ccccc6)cc5)C(=O)C4C3CC3C(=O)N(c4ccccc4)C(=O)C32C)cc(OC)c1O. The number of allylic oxidation sites excluding steroid dienone is 2. The summed E-state index contributed by atoms with van der Waals surface area (Å²) in [6.07, 6.45) is 2.41. The van der Waals surface area contributed by atoms with Crippen LogP contribution < -0.4 is 19.3 Å². The molecule has 4 amide bonds. The third-order valence-corrected chi connectivity index (χ3v) is 11.5. The molecule has 6 atom stereocenters. The summed E-state index contributed by atoms with van der Waals surface area (Å²) in [4.78, 5) is 73.2. The molecule has 8 rings (SSSR count). The maximum absolute atomic E-state index is 14.7. The van der Waals surface area contributed by atoms with Gasteiger partial charge in [-0.2, -0.15) is 0 Å². The highest BCUT2D eigenvalue weighted by Crippen LogP contribution is 2.64. The fourth-order valence-corrected chi connectivity index (χ4v) is 9.07. The first-order valence-corrected chi connectivity index (χ1v) is 17.3. The van der Waals surface area contributed by atoms with E-state index in [9.17, 15) is 29.1 Å². The molecule has 2 aliphatic heterocycles. The van der Waals surface area contributed by atoms with Crippen molar-refractivity contribution in [2.45, 2.75) is 25.7 Å². The number of rotatable bonds is 7. The van der Waals surface area contributed by atoms with Gasteiger partial charge in [0.2, 0.25) is 29.4 Å². The number of methoxy groups -OCH3 is 2. The zero-order chi connectivity index (χ0) is 36.5. The van der Waals surface area contributed by atoms with Crippen molar-refractivity contribution in [3.8, 4) is 17.2 Å². The fraction of sp³-hybridized carbons (Fsp3) is 0.262. The Kier molecular flexibility index (Phi) is 7.86. The molecule has 4 aliphatic rings. The molecule has 10 nitrogen and oxygen atoms in total. The number of phenols is 1. The molecule has 262 valence electrons. The number of hydrogen-bond acceptors (Lipinski definition) is 8. The summed E-state index contributed by atoms with van der Waals surface area (Å²) in [5.74, 6) is -5.09. The lowest BCUT2D eigenvalue weighted by Gasteiger charge is -2.49. The molecule has 10 heteroatoms. The molecule has 2 heterocycles. The molecule has 6 unspecified atom stereocenters. The molecule has 4 aromatic carbocycles. The van der Waals surface area contributed by atoms with Crippen LogP contribution in [0.2, 0.25) is 0 Å². The van der Waals surface area contributed by atoms with E-state index in [0.29, 0.717) is 28.1 Å². The minimum atomic E-state index is -1.28. The summed E-state index contributed by atoms with van der Waals surface area (Å²) in [6, 6.07) is 27.4. The lowest BCUT2D eigenvalue weighted by molar-refractivity contribution is -0.131. The number of ether oxygens (including phenoxy) is 2. The van der Waals surface area contributed by atoms with Crippen LogP contribution in [0.4, 0.5) is 11.4 Å². The van der Waals surface area contributed by atoms with Crippen LogP contribution in [0, 0.1) is 29.1 Å². The maximum atomic E-state index is 14.7. The molecule has 1 N–H and O–H groups in total. The third-order valence-electron chi connectivity index (χ3n) is 11.5. The molecular formula is C42H36N2O8. The Morgan fingerprint density at radius 1 is 0.731 bits per heavy atom. The van der Waals surface area contributed by atoms with Gasteiger partial charge >= 0.3 is 0 Å². The lowest BCUT2D eigenvalue weighted by atomic mass is 9.51. The van der Waals surface area contributed by atoms with Crippen molar-refractivity contribution in [2.75, 3.05) is 24.0 Å². The average Bonchev–Trinajstić information content (AvgIpc) is 3.54. The van der Waals surface area contributed by atoms with E-state index in [-0.39, 0.29) is 59.5 Å². The monoisotopic (exact) mass is 696 g/mol. The number of carbonyl (C=O) groups is 5. The number of fused-ring (bicyclic) bond motifs is 4. The van der Waals surface area contributed by atoms with Crippen molar-refractivity contribution in [3.63, 3.8) is 0 Å². The van der Waals surface area contributed by atoms with E-state index in [4.69, 9.17) is 9.47 Å². The van der Waals surface area contributed by atoms with E-state index in [1.165, 1.54) is 24.0 Å². The molecule has 0 spiro atoms. The zero-order valence-corrected chi connectivity index (χ0v) is 28.8. The van der Waals surface area contributed by atoms with Gasteiger partial charge in [0.05, 0.1) is 48.8 Å². The van der Waals surface area contributed by atoms with Crippen LogP contribution in [0.1, 0.15) is 47.2 Å². The summed E-state index contributed by atoms with van der Waals surface area (Å²) in [5, 5.41) is 10.8. The Bertz CT molecular complexity index is 2160. The number of carbonyl (C=O) groups excluding carboxylic acids is 5. The molecule has 52 heavy (non-hydrogen) atoms. The minimum Gasteiger partial charge on any atom is -0.502 e. The molecule has 1 saturated carbocycles. The summed E-state index contributed by atoms with van der Waals surface area (Å²) in [5.41, 5.74) is 1.87. The highest BCUT2D eigenvalue weighted by molar-refractivity contribution is 6.25. The molecule has 0 aromatic heterocycles. The topological polar surface area (TPSA) is 131 Å². The molecule has 2 aliphatic carbocycles. The van der Waals surface area contributed by atoms with Gasteiger partial charge in [0.25, 0.3) is 0 Å². The zero-order valence-electron chi connectivity index (χ0n) is 28.8. The van der Waals surface area contributed by atoms with Crippen molar-refractivity contribution >= 4 is 40.8 Å². The van der Waals surface area contributed by atoms with Gasteiger partial charge in [0.15, 0.2) is 17.3 Å². The van der Waals surface area contributed by atoms with Gasteiger partial charge < -0.3 is 14.6 Å². The molecule has 0 bridgehead atoms. The number of imide groups is 2.